The van der Waals surface area contributed by atoms with Crippen molar-refractivity contribution < 1.29 is 35.2 Å². The number of halogens is 7. The van der Waals surface area contributed by atoms with Gasteiger partial charge in [-0.3, -0.25) is 0 Å². The van der Waals surface area contributed by atoms with Gasteiger partial charge >= 0.3 is 17.8 Å². The molecule has 118 valence electrons. The number of aryl methyl sites for hydroxylation is 1. The van der Waals surface area contributed by atoms with E-state index < -0.39 is 34.7 Å². The molecular weight excluding hydrogens is 317 g/mol. The second kappa shape index (κ2) is 4.05. The molecule has 1 aromatic heterocycles. The Balaban J connectivity index is 2.40. The second-order valence-electron chi connectivity index (χ2n) is 4.94. The van der Waals surface area contributed by atoms with E-state index in [1.807, 2.05) is 0 Å². The molecule has 0 atom stereocenters. The number of rotatable bonds is 1. The summed E-state index contributed by atoms with van der Waals surface area (Å²) in [6.07, 6.45) is 0. The Morgan fingerprint density at radius 1 is 0.909 bits per heavy atom. The average molecular weight is 324 g/mol. The maximum Gasteiger partial charge on any atom is 0.383 e. The van der Waals surface area contributed by atoms with E-state index in [1.165, 1.54) is 24.3 Å². The molecule has 0 saturated heterocycles. The molecule has 0 aliphatic heterocycles. The van der Waals surface area contributed by atoms with Gasteiger partial charge in [0.25, 0.3) is 0 Å². The molecule has 8 heteroatoms. The van der Waals surface area contributed by atoms with Crippen molar-refractivity contribution in [2.24, 2.45) is 0 Å². The highest BCUT2D eigenvalue weighted by Gasteiger charge is 2.81. The van der Waals surface area contributed by atoms with Crippen LogP contribution >= 0.6 is 0 Å². The molecule has 22 heavy (non-hydrogen) atoms. The van der Waals surface area contributed by atoms with Crippen molar-refractivity contribution in [2.45, 2.75) is 24.7 Å². The van der Waals surface area contributed by atoms with Crippen molar-refractivity contribution in [2.75, 3.05) is 0 Å². The third-order valence-electron chi connectivity index (χ3n) is 3.62. The third kappa shape index (κ3) is 1.50. The molecule has 1 aliphatic carbocycles. The molecule has 0 N–H and O–H groups in total. The molecule has 0 unspecified atom stereocenters. The molecule has 1 aromatic carbocycles. The van der Waals surface area contributed by atoms with Gasteiger partial charge in [0.05, 0.1) is 5.57 Å². The molecule has 1 heterocycles. The SMILES string of the molecule is Cc1oc2ccccc2c1C1=C(F)C(F)(F)C(F)(F)C1(F)F. The Bertz CT molecular complexity index is 801. The lowest BCUT2D eigenvalue weighted by Crippen LogP contribution is -2.48. The van der Waals surface area contributed by atoms with Gasteiger partial charge in [0.1, 0.15) is 11.3 Å². The number of para-hydroxylation sites is 1. The van der Waals surface area contributed by atoms with Crippen LogP contribution in [0.2, 0.25) is 0 Å². The summed E-state index contributed by atoms with van der Waals surface area (Å²) in [5.41, 5.74) is -2.79. The van der Waals surface area contributed by atoms with Crippen molar-refractivity contribution in [3.63, 3.8) is 0 Å². The van der Waals surface area contributed by atoms with Crippen LogP contribution in [0, 0.1) is 6.92 Å². The van der Waals surface area contributed by atoms with E-state index in [1.54, 1.807) is 0 Å². The number of alkyl halides is 6. The predicted octanol–water partition coefficient (Wildman–Crippen LogP) is 5.34. The minimum Gasteiger partial charge on any atom is -0.461 e. The summed E-state index contributed by atoms with van der Waals surface area (Å²) in [7, 11) is 0. The van der Waals surface area contributed by atoms with E-state index in [4.69, 9.17) is 4.42 Å². The van der Waals surface area contributed by atoms with Crippen LogP contribution in [0.3, 0.4) is 0 Å². The molecule has 1 nitrogen and oxygen atoms in total. The Labute approximate surface area is 119 Å². The van der Waals surface area contributed by atoms with Crippen LogP contribution in [0.1, 0.15) is 11.3 Å². The van der Waals surface area contributed by atoms with Gasteiger partial charge in [-0.05, 0) is 13.0 Å². The minimum absolute atomic E-state index is 0.00429. The predicted molar refractivity (Wildman–Crippen MR) is 63.8 cm³/mol. The number of hydrogen-bond donors (Lipinski definition) is 0. The summed E-state index contributed by atoms with van der Waals surface area (Å²) < 4.78 is 99.7. The first-order valence-electron chi connectivity index (χ1n) is 6.06. The van der Waals surface area contributed by atoms with Crippen molar-refractivity contribution >= 4 is 16.5 Å². The molecular formula is C14H7F7O. The van der Waals surface area contributed by atoms with E-state index in [-0.39, 0.29) is 16.7 Å². The molecule has 0 saturated carbocycles. The van der Waals surface area contributed by atoms with Crippen LogP contribution in [-0.4, -0.2) is 17.8 Å². The van der Waals surface area contributed by atoms with Gasteiger partial charge < -0.3 is 4.42 Å². The molecule has 0 radical (unpaired) electrons. The van der Waals surface area contributed by atoms with Gasteiger partial charge in [-0.1, -0.05) is 18.2 Å². The summed E-state index contributed by atoms with van der Waals surface area (Å²) in [6.45, 7) is 1.11. The summed E-state index contributed by atoms with van der Waals surface area (Å²) in [4.78, 5) is 0. The van der Waals surface area contributed by atoms with Gasteiger partial charge in [0, 0.05) is 10.9 Å². The fourth-order valence-electron chi connectivity index (χ4n) is 2.53. The van der Waals surface area contributed by atoms with Gasteiger partial charge in [0.15, 0.2) is 5.83 Å². The zero-order chi connectivity index (χ0) is 16.5. The Hall–Kier alpha value is -1.99. The number of fused-ring (bicyclic) bond motifs is 1. The van der Waals surface area contributed by atoms with Crippen molar-refractivity contribution in [1.82, 2.24) is 0 Å². The van der Waals surface area contributed by atoms with Crippen LogP contribution in [0.15, 0.2) is 34.5 Å². The molecule has 3 rings (SSSR count). The first kappa shape index (κ1) is 14.9. The fourth-order valence-corrected chi connectivity index (χ4v) is 2.53. The smallest absolute Gasteiger partial charge is 0.383 e. The molecule has 0 amide bonds. The topological polar surface area (TPSA) is 13.1 Å². The normalized spacial score (nSPS) is 22.5. The van der Waals surface area contributed by atoms with Crippen LogP contribution in [0.5, 0.6) is 0 Å². The second-order valence-corrected chi connectivity index (χ2v) is 4.94. The molecule has 0 spiro atoms. The Morgan fingerprint density at radius 3 is 2.05 bits per heavy atom. The van der Waals surface area contributed by atoms with Gasteiger partial charge in [-0.2, -0.15) is 26.3 Å². The zero-order valence-corrected chi connectivity index (χ0v) is 10.9. The minimum atomic E-state index is -5.86. The van der Waals surface area contributed by atoms with Gasteiger partial charge in [-0.15, -0.1) is 0 Å². The highest BCUT2D eigenvalue weighted by molar-refractivity contribution is 5.96. The van der Waals surface area contributed by atoms with Crippen molar-refractivity contribution in [3.8, 4) is 0 Å². The lowest BCUT2D eigenvalue weighted by Gasteiger charge is -2.24. The largest absolute Gasteiger partial charge is 0.461 e. The molecule has 2 aromatic rings. The van der Waals surface area contributed by atoms with Crippen molar-refractivity contribution in [3.05, 3.63) is 41.4 Å². The van der Waals surface area contributed by atoms with Gasteiger partial charge in [0.2, 0.25) is 0 Å². The maximum atomic E-state index is 13.8. The Morgan fingerprint density at radius 2 is 1.50 bits per heavy atom. The number of hydrogen-bond acceptors (Lipinski definition) is 1. The van der Waals surface area contributed by atoms with Gasteiger partial charge in [-0.25, -0.2) is 4.39 Å². The average Bonchev–Trinajstić information content (AvgIpc) is 2.78. The van der Waals surface area contributed by atoms with E-state index in [0.29, 0.717) is 0 Å². The maximum absolute atomic E-state index is 13.8. The lowest BCUT2D eigenvalue weighted by molar-refractivity contribution is -0.263. The van der Waals surface area contributed by atoms with E-state index in [2.05, 4.69) is 0 Å². The lowest BCUT2D eigenvalue weighted by atomic mass is 9.98. The first-order valence-corrected chi connectivity index (χ1v) is 6.06. The third-order valence-corrected chi connectivity index (χ3v) is 3.62. The summed E-state index contributed by atoms with van der Waals surface area (Å²) in [5.74, 6) is -20.0. The van der Waals surface area contributed by atoms with E-state index in [0.717, 1.165) is 6.92 Å². The first-order chi connectivity index (χ1) is 10.0. The molecule has 1 aliphatic rings. The van der Waals surface area contributed by atoms with Crippen molar-refractivity contribution in [1.29, 1.82) is 0 Å². The number of allylic oxidation sites excluding steroid dienone is 2. The van der Waals surface area contributed by atoms with E-state index >= 15 is 0 Å². The highest BCUT2D eigenvalue weighted by Crippen LogP contribution is 2.63. The molecule has 0 fully saturated rings. The summed E-state index contributed by atoms with van der Waals surface area (Å²) in [6, 6.07) is 5.36. The fraction of sp³-hybridized carbons (Fsp3) is 0.286. The summed E-state index contributed by atoms with van der Waals surface area (Å²) in [5, 5.41) is -0.140. The standard InChI is InChI=1S/C14H7F7O/c1-6-9(7-4-2-3-5-8(7)22-6)10-11(15)13(18,19)14(20,21)12(10,16)17/h2-5H,1H3. The molecule has 0 bridgehead atoms. The highest BCUT2D eigenvalue weighted by atomic mass is 19.3. The van der Waals surface area contributed by atoms with E-state index in [9.17, 15) is 30.7 Å². The quantitative estimate of drug-likeness (QED) is 0.645. The summed E-state index contributed by atoms with van der Waals surface area (Å²) >= 11 is 0. The Kier molecular flexibility index (Phi) is 2.75. The van der Waals surface area contributed by atoms with Crippen LogP contribution in [0.25, 0.3) is 16.5 Å². The van der Waals surface area contributed by atoms with Crippen LogP contribution in [-0.2, 0) is 0 Å². The van der Waals surface area contributed by atoms with Crippen LogP contribution in [0.4, 0.5) is 30.7 Å². The zero-order valence-electron chi connectivity index (χ0n) is 10.9. The monoisotopic (exact) mass is 324 g/mol. The number of furan rings is 1. The van der Waals surface area contributed by atoms with Crippen LogP contribution < -0.4 is 0 Å². The number of benzene rings is 1.